The molecule has 2 aromatic rings. The van der Waals surface area contributed by atoms with E-state index in [0.717, 1.165) is 12.2 Å². The number of hydrogen-bond acceptors (Lipinski definition) is 3. The molecule has 0 bridgehead atoms. The summed E-state index contributed by atoms with van der Waals surface area (Å²) in [5.41, 5.74) is 1.46. The topological polar surface area (TPSA) is 43.6 Å². The minimum atomic E-state index is 0.561. The molecular formula is C15H19BrN4. The van der Waals surface area contributed by atoms with Crippen LogP contribution in [0.4, 0.5) is 0 Å². The van der Waals surface area contributed by atoms with Crippen LogP contribution in [0, 0.1) is 5.92 Å². The van der Waals surface area contributed by atoms with Crippen molar-refractivity contribution in [2.24, 2.45) is 13.0 Å². The Morgan fingerprint density at radius 2 is 2.05 bits per heavy atom. The van der Waals surface area contributed by atoms with Crippen molar-refractivity contribution in [3.05, 3.63) is 41.7 Å². The lowest BCUT2D eigenvalue weighted by Crippen LogP contribution is -2.26. The van der Waals surface area contributed by atoms with E-state index >= 15 is 0 Å². The van der Waals surface area contributed by atoms with Crippen molar-refractivity contribution in [3.8, 4) is 0 Å². The summed E-state index contributed by atoms with van der Waals surface area (Å²) in [5, 5.41) is 12.4. The predicted octanol–water partition coefficient (Wildman–Crippen LogP) is 3.10. The van der Waals surface area contributed by atoms with Crippen LogP contribution >= 0.6 is 15.9 Å². The van der Waals surface area contributed by atoms with E-state index in [0.29, 0.717) is 16.7 Å². The van der Waals surface area contributed by atoms with E-state index in [2.05, 4.69) is 61.7 Å². The fraction of sp³-hybridized carbons (Fsp3) is 0.533. The van der Waals surface area contributed by atoms with E-state index in [4.69, 9.17) is 0 Å². The van der Waals surface area contributed by atoms with E-state index in [1.165, 1.54) is 29.6 Å². The monoisotopic (exact) mass is 334 g/mol. The quantitative estimate of drug-likeness (QED) is 0.810. The second kappa shape index (κ2) is 6.04. The van der Waals surface area contributed by atoms with E-state index in [1.54, 1.807) is 0 Å². The molecule has 20 heavy (non-hydrogen) atoms. The lowest BCUT2D eigenvalue weighted by Gasteiger charge is -2.33. The molecule has 1 aromatic heterocycles. The maximum Gasteiger partial charge on any atom is 0.175 e. The van der Waals surface area contributed by atoms with E-state index < -0.39 is 0 Å². The summed E-state index contributed by atoms with van der Waals surface area (Å²) in [6.45, 7) is 0. The van der Waals surface area contributed by atoms with Crippen LogP contribution in [0.5, 0.6) is 0 Å². The van der Waals surface area contributed by atoms with Gasteiger partial charge >= 0.3 is 0 Å². The molecule has 0 aliphatic heterocycles. The number of aromatic nitrogens is 4. The third-order valence-electron chi connectivity index (χ3n) is 4.16. The van der Waals surface area contributed by atoms with Gasteiger partial charge in [-0.15, -0.1) is 10.2 Å². The fourth-order valence-corrected chi connectivity index (χ4v) is 3.77. The molecule has 0 radical (unpaired) electrons. The van der Waals surface area contributed by atoms with Crippen LogP contribution in [0.25, 0.3) is 0 Å². The molecule has 0 amide bonds. The second-order valence-electron chi connectivity index (χ2n) is 5.60. The highest BCUT2D eigenvalue weighted by molar-refractivity contribution is 9.09. The molecule has 0 saturated heterocycles. The summed E-state index contributed by atoms with van der Waals surface area (Å²) >= 11 is 3.84. The first kappa shape index (κ1) is 13.7. The number of rotatable bonds is 3. The molecule has 106 valence electrons. The van der Waals surface area contributed by atoms with Crippen LogP contribution in [0.15, 0.2) is 30.3 Å². The van der Waals surface area contributed by atoms with Gasteiger partial charge in [-0.1, -0.05) is 46.3 Å². The van der Waals surface area contributed by atoms with Gasteiger partial charge in [-0.05, 0) is 41.9 Å². The molecule has 3 rings (SSSR count). The minimum Gasteiger partial charge on any atom is -0.167 e. The number of tetrazole rings is 1. The molecule has 1 heterocycles. The zero-order chi connectivity index (χ0) is 13.9. The SMILES string of the molecule is Cn1nnc(CC2CC(c3ccccc3)CCC2Br)n1. The summed E-state index contributed by atoms with van der Waals surface area (Å²) in [6, 6.07) is 10.8. The Balaban J connectivity index is 1.70. The number of aryl methyl sites for hydroxylation is 1. The van der Waals surface area contributed by atoms with E-state index in [1.807, 2.05) is 7.05 Å². The Labute approximate surface area is 127 Å². The van der Waals surface area contributed by atoms with Gasteiger partial charge in [-0.25, -0.2) is 0 Å². The van der Waals surface area contributed by atoms with Crippen molar-refractivity contribution in [2.45, 2.75) is 36.4 Å². The summed E-state index contributed by atoms with van der Waals surface area (Å²) in [7, 11) is 1.82. The average Bonchev–Trinajstić information content (AvgIpc) is 2.88. The van der Waals surface area contributed by atoms with Gasteiger partial charge in [0, 0.05) is 11.2 Å². The van der Waals surface area contributed by atoms with E-state index in [9.17, 15) is 0 Å². The molecule has 1 aliphatic carbocycles. The van der Waals surface area contributed by atoms with Crippen LogP contribution in [0.2, 0.25) is 0 Å². The van der Waals surface area contributed by atoms with Crippen molar-refractivity contribution >= 4 is 15.9 Å². The smallest absolute Gasteiger partial charge is 0.167 e. The number of halogens is 1. The molecule has 5 heteroatoms. The molecule has 0 spiro atoms. The van der Waals surface area contributed by atoms with Crippen LogP contribution in [-0.4, -0.2) is 25.0 Å². The van der Waals surface area contributed by atoms with Crippen LogP contribution in [0.3, 0.4) is 0 Å². The summed E-state index contributed by atoms with van der Waals surface area (Å²) in [4.78, 5) is 2.10. The maximum atomic E-state index is 4.31. The zero-order valence-corrected chi connectivity index (χ0v) is 13.2. The predicted molar refractivity (Wildman–Crippen MR) is 81.7 cm³/mol. The number of benzene rings is 1. The summed E-state index contributed by atoms with van der Waals surface area (Å²) in [5.74, 6) is 2.10. The van der Waals surface area contributed by atoms with Crippen LogP contribution < -0.4 is 0 Å². The molecule has 3 unspecified atom stereocenters. The minimum absolute atomic E-state index is 0.561. The first-order valence-electron chi connectivity index (χ1n) is 7.14. The summed E-state index contributed by atoms with van der Waals surface area (Å²) < 4.78 is 0. The van der Waals surface area contributed by atoms with Gasteiger partial charge in [-0.2, -0.15) is 4.80 Å². The Morgan fingerprint density at radius 3 is 2.75 bits per heavy atom. The largest absolute Gasteiger partial charge is 0.175 e. The molecule has 4 nitrogen and oxygen atoms in total. The molecule has 3 atom stereocenters. The molecule has 1 saturated carbocycles. The summed E-state index contributed by atoms with van der Waals surface area (Å²) in [6.07, 6.45) is 4.57. The fourth-order valence-electron chi connectivity index (χ4n) is 3.11. The van der Waals surface area contributed by atoms with E-state index in [-0.39, 0.29) is 0 Å². The molecule has 1 fully saturated rings. The highest BCUT2D eigenvalue weighted by Gasteiger charge is 2.30. The highest BCUT2D eigenvalue weighted by Crippen LogP contribution is 2.40. The third kappa shape index (κ3) is 3.08. The number of nitrogens with zero attached hydrogens (tertiary/aromatic N) is 4. The van der Waals surface area contributed by atoms with Crippen molar-refractivity contribution in [1.29, 1.82) is 0 Å². The molecular weight excluding hydrogens is 316 g/mol. The zero-order valence-electron chi connectivity index (χ0n) is 11.6. The second-order valence-corrected chi connectivity index (χ2v) is 6.77. The van der Waals surface area contributed by atoms with Gasteiger partial charge in [0.05, 0.1) is 7.05 Å². The highest BCUT2D eigenvalue weighted by atomic mass is 79.9. The van der Waals surface area contributed by atoms with Crippen molar-refractivity contribution < 1.29 is 0 Å². The van der Waals surface area contributed by atoms with Gasteiger partial charge in [0.25, 0.3) is 0 Å². The number of alkyl halides is 1. The lowest BCUT2D eigenvalue weighted by atomic mass is 9.76. The normalized spacial score (nSPS) is 26.6. The Hall–Kier alpha value is -1.23. The van der Waals surface area contributed by atoms with Gasteiger partial charge in [0.15, 0.2) is 5.82 Å². The van der Waals surface area contributed by atoms with Crippen LogP contribution in [0.1, 0.15) is 36.6 Å². The Kier molecular flexibility index (Phi) is 4.15. The maximum absolute atomic E-state index is 4.31. The van der Waals surface area contributed by atoms with Crippen molar-refractivity contribution in [1.82, 2.24) is 20.2 Å². The first-order valence-corrected chi connectivity index (χ1v) is 8.06. The van der Waals surface area contributed by atoms with Gasteiger partial charge < -0.3 is 0 Å². The molecule has 1 aliphatic rings. The average molecular weight is 335 g/mol. The third-order valence-corrected chi connectivity index (χ3v) is 5.36. The van der Waals surface area contributed by atoms with Gasteiger partial charge in [0.2, 0.25) is 0 Å². The molecule has 1 aromatic carbocycles. The Bertz CT molecular complexity index is 554. The van der Waals surface area contributed by atoms with Crippen molar-refractivity contribution in [3.63, 3.8) is 0 Å². The Morgan fingerprint density at radius 1 is 1.25 bits per heavy atom. The standard InChI is InChI=1S/C15H19BrN4/c1-20-18-15(17-19-20)10-13-9-12(7-8-14(13)16)11-5-3-2-4-6-11/h2-6,12-14H,7-10H2,1H3. The van der Waals surface area contributed by atoms with Crippen molar-refractivity contribution in [2.75, 3.05) is 0 Å². The lowest BCUT2D eigenvalue weighted by molar-refractivity contribution is 0.330. The number of hydrogen-bond donors (Lipinski definition) is 0. The van der Waals surface area contributed by atoms with Gasteiger partial charge in [0.1, 0.15) is 0 Å². The van der Waals surface area contributed by atoms with Gasteiger partial charge in [-0.3, -0.25) is 0 Å². The molecule has 0 N–H and O–H groups in total. The van der Waals surface area contributed by atoms with Crippen LogP contribution in [-0.2, 0) is 13.5 Å². The first-order chi connectivity index (χ1) is 9.72.